The van der Waals surface area contributed by atoms with Crippen molar-refractivity contribution in [2.75, 3.05) is 29.5 Å². The van der Waals surface area contributed by atoms with Gasteiger partial charge in [0.1, 0.15) is 0 Å². The molecule has 0 spiro atoms. The average Bonchev–Trinajstić information content (AvgIpc) is 3.88. The van der Waals surface area contributed by atoms with Crippen molar-refractivity contribution in [3.63, 3.8) is 0 Å². The molecule has 234 valence electrons. The van der Waals surface area contributed by atoms with Crippen LogP contribution in [0.4, 0.5) is 30.8 Å². The lowest BCUT2D eigenvalue weighted by Gasteiger charge is -2.19. The predicted octanol–water partition coefficient (Wildman–Crippen LogP) is 3.90. The quantitative estimate of drug-likeness (QED) is 0.213. The topological polar surface area (TPSA) is 164 Å². The van der Waals surface area contributed by atoms with Crippen molar-refractivity contribution in [3.8, 4) is 6.01 Å². The number of hydrogen-bond donors (Lipinski definition) is 4. The van der Waals surface area contributed by atoms with Crippen LogP contribution in [0.25, 0.3) is 0 Å². The summed E-state index contributed by atoms with van der Waals surface area (Å²) in [6.07, 6.45) is -1.84. The Morgan fingerprint density at radius 3 is 2.25 bits per heavy atom. The summed E-state index contributed by atoms with van der Waals surface area (Å²) in [4.78, 5) is 36.4. The van der Waals surface area contributed by atoms with Crippen molar-refractivity contribution in [2.24, 2.45) is 5.92 Å². The second-order valence-corrected chi connectivity index (χ2v) is 12.7. The molecule has 0 saturated heterocycles. The summed E-state index contributed by atoms with van der Waals surface area (Å²) in [5, 5.41) is 9.08. The normalized spacial score (nSPS) is 15.6. The lowest BCUT2D eigenvalue weighted by atomic mass is 10.1. The number of nitrogens with one attached hydrogen (secondary N) is 4. The Bertz CT molecular complexity index is 1630. The highest BCUT2D eigenvalue weighted by molar-refractivity contribution is 7.90. The van der Waals surface area contributed by atoms with Crippen molar-refractivity contribution in [3.05, 3.63) is 64.7 Å². The third-order valence-corrected chi connectivity index (χ3v) is 8.25. The van der Waals surface area contributed by atoms with E-state index in [1.54, 1.807) is 12.1 Å². The van der Waals surface area contributed by atoms with Crippen LogP contribution >= 0.6 is 11.6 Å². The van der Waals surface area contributed by atoms with Gasteiger partial charge < -0.3 is 20.7 Å². The Morgan fingerprint density at radius 2 is 1.64 bits per heavy atom. The van der Waals surface area contributed by atoms with E-state index in [0.29, 0.717) is 23.6 Å². The zero-order valence-corrected chi connectivity index (χ0v) is 24.5. The number of hydrogen-bond acceptors (Lipinski definition) is 10. The highest BCUT2D eigenvalue weighted by Gasteiger charge is 2.45. The minimum Gasteiger partial charge on any atom is -0.454 e. The monoisotopic (exact) mass is 653 g/mol. The van der Waals surface area contributed by atoms with Gasteiger partial charge >= 0.3 is 12.2 Å². The molecule has 0 bridgehead atoms. The molecule has 2 aliphatic rings. The first-order valence-electron chi connectivity index (χ1n) is 13.5. The SMILES string of the molecule is O=C(NCCS(=O)(=O)NC(=O)C1CC1)c1ccc(Nc2nc(NC3(c4ccc(Cl)cc4)CC3)nc(OCC(F)(F)F)n2)cc1. The molecule has 4 N–H and O–H groups in total. The van der Waals surface area contributed by atoms with Crippen LogP contribution in [0, 0.1) is 5.92 Å². The van der Waals surface area contributed by atoms with E-state index in [9.17, 15) is 31.2 Å². The van der Waals surface area contributed by atoms with Crippen LogP contribution in [0.15, 0.2) is 48.5 Å². The zero-order chi connectivity index (χ0) is 31.5. The molecule has 17 heteroatoms. The number of benzene rings is 2. The molecular weight excluding hydrogens is 627 g/mol. The van der Waals surface area contributed by atoms with E-state index in [4.69, 9.17) is 16.3 Å². The Hall–Kier alpha value is -4.18. The summed E-state index contributed by atoms with van der Waals surface area (Å²) in [7, 11) is -3.88. The van der Waals surface area contributed by atoms with E-state index in [1.807, 2.05) is 16.9 Å². The molecule has 0 atom stereocenters. The average molecular weight is 654 g/mol. The van der Waals surface area contributed by atoms with E-state index in [0.717, 1.165) is 18.4 Å². The number of sulfonamides is 1. The second kappa shape index (κ2) is 12.4. The zero-order valence-electron chi connectivity index (χ0n) is 22.9. The van der Waals surface area contributed by atoms with Crippen LogP contribution < -0.4 is 25.4 Å². The van der Waals surface area contributed by atoms with Gasteiger partial charge in [-0.25, -0.2) is 8.42 Å². The van der Waals surface area contributed by atoms with Crippen molar-refractivity contribution in [2.45, 2.75) is 37.4 Å². The molecule has 2 amide bonds. The number of nitrogens with zero attached hydrogens (tertiary/aromatic N) is 3. The van der Waals surface area contributed by atoms with Gasteiger partial charge in [0.2, 0.25) is 27.8 Å². The smallest absolute Gasteiger partial charge is 0.422 e. The second-order valence-electron chi connectivity index (χ2n) is 10.4. The van der Waals surface area contributed by atoms with Crippen molar-refractivity contribution < 1.29 is 35.9 Å². The van der Waals surface area contributed by atoms with Crippen LogP contribution in [0.5, 0.6) is 6.01 Å². The van der Waals surface area contributed by atoms with Gasteiger partial charge in [-0.05, 0) is 67.6 Å². The number of anilines is 3. The minimum absolute atomic E-state index is 0.00797. The summed E-state index contributed by atoms with van der Waals surface area (Å²) < 4.78 is 69.3. The maximum Gasteiger partial charge on any atom is 0.422 e. The minimum atomic E-state index is -4.61. The molecule has 44 heavy (non-hydrogen) atoms. The van der Waals surface area contributed by atoms with Crippen LogP contribution in [0.2, 0.25) is 5.02 Å². The standard InChI is InChI=1S/C27H27ClF3N7O5S/c28-19-7-5-18(6-8-19)26(11-12-26)37-24-34-23(35-25(36-24)43-15-27(29,30)31)33-20-9-3-16(4-10-20)21(39)32-13-14-44(41,42)38-22(40)17-1-2-17/h3-10,17H,1-2,11-15H2,(H,32,39)(H,38,40)(H2,33,34,35,36,37). The molecule has 2 aliphatic carbocycles. The van der Waals surface area contributed by atoms with E-state index in [1.165, 1.54) is 24.3 Å². The summed E-state index contributed by atoms with van der Waals surface area (Å²) in [6, 6.07) is 12.5. The van der Waals surface area contributed by atoms with Crippen molar-refractivity contribution >= 4 is 51.0 Å². The van der Waals surface area contributed by atoms with Gasteiger partial charge in [-0.2, -0.15) is 28.1 Å². The van der Waals surface area contributed by atoms with Crippen LogP contribution in [-0.4, -0.2) is 60.3 Å². The third-order valence-electron chi connectivity index (χ3n) is 6.74. The molecule has 0 unspecified atom stereocenters. The van der Waals surface area contributed by atoms with Crippen molar-refractivity contribution in [1.82, 2.24) is 25.0 Å². The summed E-state index contributed by atoms with van der Waals surface area (Å²) >= 11 is 6.00. The fraction of sp³-hybridized carbons (Fsp3) is 0.370. The first-order chi connectivity index (χ1) is 20.8. The number of rotatable bonds is 13. The molecule has 2 aromatic carbocycles. The van der Waals surface area contributed by atoms with Gasteiger partial charge in [0.05, 0.1) is 11.3 Å². The Labute approximate surface area is 255 Å². The predicted molar refractivity (Wildman–Crippen MR) is 154 cm³/mol. The number of ether oxygens (including phenoxy) is 1. The highest BCUT2D eigenvalue weighted by atomic mass is 35.5. The van der Waals surface area contributed by atoms with Crippen molar-refractivity contribution in [1.29, 1.82) is 0 Å². The fourth-order valence-corrected chi connectivity index (χ4v) is 5.21. The maximum atomic E-state index is 12.8. The Kier molecular flexibility index (Phi) is 8.83. The van der Waals surface area contributed by atoms with Gasteiger partial charge in [0.25, 0.3) is 5.91 Å². The first kappa shape index (κ1) is 31.3. The molecule has 0 radical (unpaired) electrons. The molecule has 2 saturated carbocycles. The van der Waals surface area contributed by atoms with Crippen LogP contribution in [0.3, 0.4) is 0 Å². The third kappa shape index (κ3) is 8.69. The molecule has 2 fully saturated rings. The van der Waals surface area contributed by atoms with Crippen LogP contribution in [-0.2, 0) is 20.4 Å². The maximum absolute atomic E-state index is 12.8. The lowest BCUT2D eigenvalue weighted by Crippen LogP contribution is -2.38. The van der Waals surface area contributed by atoms with Gasteiger partial charge in [-0.15, -0.1) is 0 Å². The molecule has 1 heterocycles. The number of carbonyl (C=O) groups is 2. The summed E-state index contributed by atoms with van der Waals surface area (Å²) in [5.74, 6) is -1.94. The highest BCUT2D eigenvalue weighted by Crippen LogP contribution is 2.48. The van der Waals surface area contributed by atoms with Gasteiger partial charge in [-0.1, -0.05) is 23.7 Å². The van der Waals surface area contributed by atoms with Gasteiger partial charge in [0.15, 0.2) is 6.61 Å². The number of amides is 2. The molecule has 3 aromatic rings. The van der Waals surface area contributed by atoms with E-state index >= 15 is 0 Å². The fourth-order valence-electron chi connectivity index (χ4n) is 4.14. The Balaban J connectivity index is 1.23. The first-order valence-corrected chi connectivity index (χ1v) is 15.5. The summed E-state index contributed by atoms with van der Waals surface area (Å²) in [5.41, 5.74) is 0.983. The largest absolute Gasteiger partial charge is 0.454 e. The van der Waals surface area contributed by atoms with E-state index in [2.05, 4.69) is 30.9 Å². The molecule has 0 aliphatic heterocycles. The number of halogens is 4. The van der Waals surface area contributed by atoms with Gasteiger partial charge in [-0.3, -0.25) is 14.3 Å². The van der Waals surface area contributed by atoms with E-state index in [-0.39, 0.29) is 29.9 Å². The summed E-state index contributed by atoms with van der Waals surface area (Å²) in [6.45, 7) is -1.82. The molecule has 1 aromatic heterocycles. The Morgan fingerprint density at radius 1 is 0.977 bits per heavy atom. The van der Waals surface area contributed by atoms with Gasteiger partial charge in [0, 0.05) is 28.7 Å². The lowest BCUT2D eigenvalue weighted by molar-refractivity contribution is -0.154. The van der Waals surface area contributed by atoms with Crippen LogP contribution in [0.1, 0.15) is 41.6 Å². The molecular formula is C27H27ClF3N7O5S. The number of aromatic nitrogens is 3. The molecule has 12 nitrogen and oxygen atoms in total. The number of carbonyl (C=O) groups excluding carboxylic acids is 2. The van der Waals surface area contributed by atoms with E-state index < -0.39 is 51.9 Å². The number of alkyl halides is 3. The molecule has 5 rings (SSSR count).